The van der Waals surface area contributed by atoms with Gasteiger partial charge in [-0.05, 0) is 73.7 Å². The van der Waals surface area contributed by atoms with Crippen molar-refractivity contribution in [1.29, 1.82) is 0 Å². The fourth-order valence-electron chi connectivity index (χ4n) is 3.92. The second kappa shape index (κ2) is 12.5. The van der Waals surface area contributed by atoms with Crippen LogP contribution < -0.4 is 14.9 Å². The molecule has 4 aromatic rings. The zero-order valence-corrected chi connectivity index (χ0v) is 23.2. The van der Waals surface area contributed by atoms with Gasteiger partial charge in [-0.2, -0.15) is 5.10 Å². The number of carbonyl (C=O) groups excluding carboxylic acids is 1. The zero-order valence-electron chi connectivity index (χ0n) is 19.9. The van der Waals surface area contributed by atoms with Gasteiger partial charge in [0.25, 0.3) is 5.91 Å². The predicted octanol–water partition coefficient (Wildman–Crippen LogP) is 7.19. The molecule has 0 aliphatic carbocycles. The summed E-state index contributed by atoms with van der Waals surface area (Å²) >= 11 is 7.50. The number of thioether (sulfide) groups is 2. The van der Waals surface area contributed by atoms with E-state index in [1.807, 2.05) is 72.1 Å². The minimum absolute atomic E-state index is 0.103. The van der Waals surface area contributed by atoms with Crippen LogP contribution in [0.3, 0.4) is 0 Å². The van der Waals surface area contributed by atoms with Crippen molar-refractivity contribution in [2.75, 3.05) is 18.1 Å². The highest BCUT2D eigenvalue weighted by Crippen LogP contribution is 2.45. The molecular weight excluding hydrogens is 568 g/mol. The van der Waals surface area contributed by atoms with Gasteiger partial charge in [0.05, 0.1) is 15.3 Å². The van der Waals surface area contributed by atoms with Crippen LogP contribution in [0.25, 0.3) is 10.8 Å². The minimum atomic E-state index is -0.323. The van der Waals surface area contributed by atoms with Crippen molar-refractivity contribution in [3.63, 3.8) is 0 Å². The minimum Gasteiger partial charge on any atom is -0.488 e. The number of rotatable bonds is 9. The lowest BCUT2D eigenvalue weighted by Gasteiger charge is -2.11. The molecule has 1 amide bonds. The van der Waals surface area contributed by atoms with Crippen LogP contribution in [0.15, 0.2) is 94.5 Å². The number of benzene rings is 4. The quantitative estimate of drug-likeness (QED) is 0.165. The van der Waals surface area contributed by atoms with E-state index >= 15 is 0 Å². The summed E-state index contributed by atoms with van der Waals surface area (Å²) in [5.41, 5.74) is 5.74. The van der Waals surface area contributed by atoms with Crippen molar-refractivity contribution in [3.05, 3.63) is 106 Å². The maximum atomic E-state index is 12.1. The Labute approximate surface area is 233 Å². The fourth-order valence-corrected chi connectivity index (χ4v) is 7.29. The molecule has 188 valence electrons. The Bertz CT molecular complexity index is 1400. The molecule has 37 heavy (non-hydrogen) atoms. The lowest BCUT2D eigenvalue weighted by Crippen LogP contribution is -2.24. The number of ether oxygens (including phenoxy) is 2. The van der Waals surface area contributed by atoms with Gasteiger partial charge in [0.1, 0.15) is 18.1 Å². The average Bonchev–Trinajstić information content (AvgIpc) is 3.47. The number of hydrogen-bond acceptors (Lipinski definition) is 6. The van der Waals surface area contributed by atoms with Crippen LogP contribution in [-0.2, 0) is 11.4 Å². The molecule has 1 saturated heterocycles. The smallest absolute Gasteiger partial charge is 0.277 e. The normalized spacial score (nSPS) is 13.8. The molecule has 0 unspecified atom stereocenters. The third kappa shape index (κ3) is 6.89. The lowest BCUT2D eigenvalue weighted by atomic mass is 10.1. The molecule has 4 aromatic carbocycles. The van der Waals surface area contributed by atoms with Crippen molar-refractivity contribution >= 4 is 62.3 Å². The number of fused-ring (bicyclic) bond motifs is 1. The van der Waals surface area contributed by atoms with E-state index in [0.717, 1.165) is 21.3 Å². The molecule has 5 nitrogen and oxygen atoms in total. The zero-order chi connectivity index (χ0) is 25.5. The summed E-state index contributed by atoms with van der Waals surface area (Å²) < 4.78 is 13.0. The van der Waals surface area contributed by atoms with Gasteiger partial charge in [0.15, 0.2) is 6.61 Å². The molecule has 0 atom stereocenters. The van der Waals surface area contributed by atoms with Crippen molar-refractivity contribution < 1.29 is 14.3 Å². The molecule has 8 heteroatoms. The standard InChI is InChI=1S/C29H25BrN2O3S2/c30-26-16-20(8-13-27(26)35-18-23-6-3-5-21-4-1-2-7-25(21)23)17-31-32-28(33)19-34-24-11-9-22(10-12-24)29-36-14-15-37-29/h1-13,16-17,29H,14-15,18-19H2,(H,32,33)/b31-17-. The first-order chi connectivity index (χ1) is 18.2. The van der Waals surface area contributed by atoms with Gasteiger partial charge in [0, 0.05) is 11.5 Å². The molecule has 0 saturated carbocycles. The van der Waals surface area contributed by atoms with E-state index in [1.54, 1.807) is 6.21 Å². The van der Waals surface area contributed by atoms with E-state index in [-0.39, 0.29) is 12.5 Å². The van der Waals surface area contributed by atoms with Gasteiger partial charge in [-0.25, -0.2) is 5.43 Å². The van der Waals surface area contributed by atoms with Crippen LogP contribution >= 0.6 is 39.5 Å². The molecule has 1 N–H and O–H groups in total. The van der Waals surface area contributed by atoms with Crippen LogP contribution in [0.5, 0.6) is 11.5 Å². The maximum Gasteiger partial charge on any atom is 0.277 e. The fraction of sp³-hybridized carbons (Fsp3) is 0.172. The van der Waals surface area contributed by atoms with Crippen molar-refractivity contribution in [2.24, 2.45) is 5.10 Å². The van der Waals surface area contributed by atoms with Crippen LogP contribution in [0.1, 0.15) is 21.3 Å². The summed E-state index contributed by atoms with van der Waals surface area (Å²) in [6.07, 6.45) is 1.59. The number of amides is 1. The molecule has 0 spiro atoms. The van der Waals surface area contributed by atoms with E-state index in [9.17, 15) is 4.79 Å². The Morgan fingerprint density at radius 3 is 2.57 bits per heavy atom. The van der Waals surface area contributed by atoms with E-state index in [0.29, 0.717) is 16.9 Å². The Balaban J connectivity index is 1.09. The van der Waals surface area contributed by atoms with Crippen molar-refractivity contribution in [1.82, 2.24) is 5.43 Å². The summed E-state index contributed by atoms with van der Waals surface area (Å²) in [5.74, 6) is 3.46. The molecule has 1 fully saturated rings. The lowest BCUT2D eigenvalue weighted by molar-refractivity contribution is -0.123. The highest BCUT2D eigenvalue weighted by atomic mass is 79.9. The second-order valence-corrected chi connectivity index (χ2v) is 11.9. The van der Waals surface area contributed by atoms with Gasteiger partial charge in [-0.15, -0.1) is 23.5 Å². The van der Waals surface area contributed by atoms with Gasteiger partial charge >= 0.3 is 0 Å². The first-order valence-electron chi connectivity index (χ1n) is 11.8. The van der Waals surface area contributed by atoms with Crippen molar-refractivity contribution in [2.45, 2.75) is 11.2 Å². The molecule has 0 radical (unpaired) electrons. The molecule has 0 bridgehead atoms. The van der Waals surface area contributed by atoms with Gasteiger partial charge in [-0.1, -0.05) is 54.6 Å². The number of carbonyl (C=O) groups is 1. The van der Waals surface area contributed by atoms with E-state index in [1.165, 1.54) is 27.8 Å². The number of hydrazone groups is 1. The topological polar surface area (TPSA) is 59.9 Å². The van der Waals surface area contributed by atoms with Gasteiger partial charge in [-0.3, -0.25) is 4.79 Å². The monoisotopic (exact) mass is 592 g/mol. The van der Waals surface area contributed by atoms with Crippen molar-refractivity contribution in [3.8, 4) is 11.5 Å². The second-order valence-electron chi connectivity index (χ2n) is 8.34. The van der Waals surface area contributed by atoms with Crippen LogP contribution in [0.4, 0.5) is 0 Å². The summed E-state index contributed by atoms with van der Waals surface area (Å²) in [7, 11) is 0. The van der Waals surface area contributed by atoms with Crippen LogP contribution in [0.2, 0.25) is 0 Å². The highest BCUT2D eigenvalue weighted by Gasteiger charge is 2.18. The van der Waals surface area contributed by atoms with E-state index in [2.05, 4.69) is 62.9 Å². The first-order valence-corrected chi connectivity index (χ1v) is 14.7. The molecule has 0 aromatic heterocycles. The Morgan fingerprint density at radius 1 is 0.973 bits per heavy atom. The number of hydrogen-bond donors (Lipinski definition) is 1. The van der Waals surface area contributed by atoms with E-state index in [4.69, 9.17) is 9.47 Å². The third-order valence-electron chi connectivity index (χ3n) is 5.77. The van der Waals surface area contributed by atoms with Gasteiger partial charge in [0.2, 0.25) is 0 Å². The van der Waals surface area contributed by atoms with Crippen LogP contribution in [-0.4, -0.2) is 30.2 Å². The number of nitrogens with one attached hydrogen (secondary N) is 1. The Hall–Kier alpha value is -2.94. The van der Waals surface area contributed by atoms with Gasteiger partial charge < -0.3 is 9.47 Å². The highest BCUT2D eigenvalue weighted by molar-refractivity contribution is 9.10. The summed E-state index contributed by atoms with van der Waals surface area (Å²) in [6, 6.07) is 28.1. The van der Waals surface area contributed by atoms with Crippen LogP contribution in [0, 0.1) is 0 Å². The average molecular weight is 594 g/mol. The predicted molar refractivity (Wildman–Crippen MR) is 158 cm³/mol. The molecule has 5 rings (SSSR count). The molecular formula is C29H25BrN2O3S2. The Kier molecular flexibility index (Phi) is 8.71. The SMILES string of the molecule is O=C(COc1ccc(C2SCCS2)cc1)N/N=C\c1ccc(OCc2cccc3ccccc23)c(Br)c1. The third-order valence-corrected chi connectivity index (χ3v) is 9.49. The molecule has 1 aliphatic rings. The molecule has 1 heterocycles. The maximum absolute atomic E-state index is 12.1. The first kappa shape index (κ1) is 25.7. The number of halogens is 1. The summed E-state index contributed by atoms with van der Waals surface area (Å²) in [4.78, 5) is 12.1. The Morgan fingerprint density at radius 2 is 1.76 bits per heavy atom. The number of nitrogens with zero attached hydrogens (tertiary/aromatic N) is 1. The molecule has 1 aliphatic heterocycles. The van der Waals surface area contributed by atoms with E-state index < -0.39 is 0 Å². The summed E-state index contributed by atoms with van der Waals surface area (Å²) in [6.45, 7) is 0.360. The largest absolute Gasteiger partial charge is 0.488 e. The summed E-state index contributed by atoms with van der Waals surface area (Å²) in [5, 5.41) is 6.42.